The number of piperidine rings is 1. The van der Waals surface area contributed by atoms with Crippen molar-refractivity contribution in [2.75, 3.05) is 46.4 Å². The topological polar surface area (TPSA) is 48.3 Å². The van der Waals surface area contributed by atoms with Gasteiger partial charge >= 0.3 is 0 Å². The lowest BCUT2D eigenvalue weighted by Gasteiger charge is -2.32. The third kappa shape index (κ3) is 6.95. The molecule has 0 aliphatic carbocycles. The summed E-state index contributed by atoms with van der Waals surface area (Å²) < 4.78 is 5.02. The smallest absolute Gasteiger partial charge is 0.0621 e. The van der Waals surface area contributed by atoms with Gasteiger partial charge in [0.2, 0.25) is 0 Å². The quantitative estimate of drug-likeness (QED) is 0.635. The van der Waals surface area contributed by atoms with Gasteiger partial charge in [0.15, 0.2) is 0 Å². The van der Waals surface area contributed by atoms with Gasteiger partial charge in [-0.2, -0.15) is 5.26 Å². The highest BCUT2D eigenvalue weighted by atomic mass is 16.5. The molecule has 4 nitrogen and oxygen atoms in total. The van der Waals surface area contributed by atoms with E-state index in [9.17, 15) is 0 Å². The van der Waals surface area contributed by atoms with Crippen LogP contribution in [0.15, 0.2) is 0 Å². The van der Waals surface area contributed by atoms with Gasteiger partial charge in [0.1, 0.15) is 0 Å². The molecule has 0 spiro atoms. The fourth-order valence-electron chi connectivity index (χ4n) is 2.43. The van der Waals surface area contributed by atoms with E-state index < -0.39 is 0 Å². The third-order valence-corrected chi connectivity index (χ3v) is 3.64. The first-order chi connectivity index (χ1) is 8.86. The number of ether oxygens (including phenoxy) is 1. The summed E-state index contributed by atoms with van der Waals surface area (Å²) in [5.41, 5.74) is 0. The maximum absolute atomic E-state index is 8.48. The van der Waals surface area contributed by atoms with Gasteiger partial charge in [-0.3, -0.25) is 0 Å². The van der Waals surface area contributed by atoms with Crippen LogP contribution in [0.1, 0.15) is 32.1 Å². The Morgan fingerprint density at radius 3 is 2.78 bits per heavy atom. The van der Waals surface area contributed by atoms with Crippen molar-refractivity contribution in [1.82, 2.24) is 10.2 Å². The van der Waals surface area contributed by atoms with Crippen molar-refractivity contribution in [3.63, 3.8) is 0 Å². The highest BCUT2D eigenvalue weighted by Gasteiger charge is 2.18. The normalized spacial score (nSPS) is 17.8. The van der Waals surface area contributed by atoms with Crippen molar-refractivity contribution in [3.05, 3.63) is 0 Å². The maximum Gasteiger partial charge on any atom is 0.0621 e. The van der Waals surface area contributed by atoms with Crippen molar-refractivity contribution in [2.45, 2.75) is 32.1 Å². The van der Waals surface area contributed by atoms with Crippen LogP contribution < -0.4 is 5.32 Å². The number of likely N-dealkylation sites (tertiary alicyclic amines) is 1. The summed E-state index contributed by atoms with van der Waals surface area (Å²) in [6, 6.07) is 2.21. The summed E-state index contributed by atoms with van der Waals surface area (Å²) in [5, 5.41) is 11.9. The first kappa shape index (κ1) is 15.4. The average molecular weight is 253 g/mol. The first-order valence-electron chi connectivity index (χ1n) is 7.15. The minimum absolute atomic E-state index is 0.708. The summed E-state index contributed by atoms with van der Waals surface area (Å²) >= 11 is 0. The van der Waals surface area contributed by atoms with Gasteiger partial charge in [0.25, 0.3) is 0 Å². The molecule has 1 rings (SSSR count). The summed E-state index contributed by atoms with van der Waals surface area (Å²) in [7, 11) is 1.74. The van der Waals surface area contributed by atoms with Crippen LogP contribution in [0.4, 0.5) is 0 Å². The van der Waals surface area contributed by atoms with Gasteiger partial charge in [-0.05, 0) is 57.8 Å². The van der Waals surface area contributed by atoms with Gasteiger partial charge in [0, 0.05) is 20.1 Å². The Morgan fingerprint density at radius 1 is 1.33 bits per heavy atom. The van der Waals surface area contributed by atoms with Gasteiger partial charge in [-0.25, -0.2) is 0 Å². The lowest BCUT2D eigenvalue weighted by atomic mass is 9.96. The van der Waals surface area contributed by atoms with Crippen LogP contribution in [0.5, 0.6) is 0 Å². The summed E-state index contributed by atoms with van der Waals surface area (Å²) in [4.78, 5) is 2.54. The van der Waals surface area contributed by atoms with Crippen LogP contribution in [0.2, 0.25) is 0 Å². The number of nitriles is 1. The molecule has 1 fully saturated rings. The molecule has 1 heterocycles. The minimum Gasteiger partial charge on any atom is -0.383 e. The van der Waals surface area contributed by atoms with Gasteiger partial charge in [0.05, 0.1) is 12.7 Å². The maximum atomic E-state index is 8.48. The van der Waals surface area contributed by atoms with E-state index in [1.54, 1.807) is 7.11 Å². The van der Waals surface area contributed by atoms with Crippen LogP contribution in [-0.2, 0) is 4.74 Å². The molecule has 18 heavy (non-hydrogen) atoms. The monoisotopic (exact) mass is 253 g/mol. The SMILES string of the molecule is COCCNCC1CCN(CCCCC#N)CC1. The Labute approximate surface area is 111 Å². The van der Waals surface area contributed by atoms with E-state index in [4.69, 9.17) is 10.00 Å². The molecule has 0 amide bonds. The molecule has 1 saturated heterocycles. The van der Waals surface area contributed by atoms with Crippen LogP contribution in [0, 0.1) is 17.2 Å². The van der Waals surface area contributed by atoms with E-state index in [-0.39, 0.29) is 0 Å². The van der Waals surface area contributed by atoms with Crippen LogP contribution >= 0.6 is 0 Å². The van der Waals surface area contributed by atoms with Crippen LogP contribution in [-0.4, -0.2) is 51.3 Å². The highest BCUT2D eigenvalue weighted by Crippen LogP contribution is 2.16. The predicted octanol–water partition coefficient (Wildman–Crippen LogP) is 1.63. The number of hydrogen-bond donors (Lipinski definition) is 1. The van der Waals surface area contributed by atoms with E-state index in [0.717, 1.165) is 32.0 Å². The molecule has 0 unspecified atom stereocenters. The number of rotatable bonds is 9. The minimum atomic E-state index is 0.708. The van der Waals surface area contributed by atoms with Crippen LogP contribution in [0.25, 0.3) is 0 Å². The molecule has 0 aromatic heterocycles. The molecular formula is C14H27N3O. The number of methoxy groups -OCH3 is 1. The Morgan fingerprint density at radius 2 is 2.11 bits per heavy atom. The highest BCUT2D eigenvalue weighted by molar-refractivity contribution is 4.74. The van der Waals surface area contributed by atoms with Crippen LogP contribution in [0.3, 0.4) is 0 Å². The third-order valence-electron chi connectivity index (χ3n) is 3.64. The Balaban J connectivity index is 1.97. The zero-order valence-electron chi connectivity index (χ0n) is 11.7. The number of nitrogens with one attached hydrogen (secondary N) is 1. The van der Waals surface area contributed by atoms with Gasteiger partial charge < -0.3 is 15.0 Å². The standard InChI is InChI=1S/C14H27N3O/c1-18-12-8-16-13-14-5-10-17(11-6-14)9-4-2-3-7-15/h14,16H,2-6,8-13H2,1H3. The Hall–Kier alpha value is -0.630. The summed E-state index contributed by atoms with van der Waals surface area (Å²) in [6.45, 7) is 6.52. The van der Waals surface area contributed by atoms with E-state index in [2.05, 4.69) is 16.3 Å². The molecule has 0 aromatic rings. The molecular weight excluding hydrogens is 226 g/mol. The summed E-state index contributed by atoms with van der Waals surface area (Å²) in [5.74, 6) is 0.831. The molecule has 0 saturated carbocycles. The fourth-order valence-corrected chi connectivity index (χ4v) is 2.43. The van der Waals surface area contributed by atoms with E-state index in [1.807, 2.05) is 0 Å². The zero-order valence-corrected chi connectivity index (χ0v) is 11.7. The zero-order chi connectivity index (χ0) is 13.1. The van der Waals surface area contributed by atoms with Crippen molar-refractivity contribution in [3.8, 4) is 6.07 Å². The second-order valence-corrected chi connectivity index (χ2v) is 5.10. The number of unbranched alkanes of at least 4 members (excludes halogenated alkanes) is 2. The largest absolute Gasteiger partial charge is 0.383 e. The predicted molar refractivity (Wildman–Crippen MR) is 73.4 cm³/mol. The molecule has 0 atom stereocenters. The molecule has 1 aliphatic heterocycles. The van der Waals surface area contributed by atoms with Crippen molar-refractivity contribution in [1.29, 1.82) is 5.26 Å². The second-order valence-electron chi connectivity index (χ2n) is 5.10. The van der Waals surface area contributed by atoms with Crippen molar-refractivity contribution < 1.29 is 4.74 Å². The second kappa shape index (κ2) is 10.3. The van der Waals surface area contributed by atoms with Crippen molar-refractivity contribution >= 4 is 0 Å². The Bertz CT molecular complexity index is 232. The fraction of sp³-hybridized carbons (Fsp3) is 0.929. The first-order valence-corrected chi connectivity index (χ1v) is 7.15. The molecule has 0 radical (unpaired) electrons. The lowest BCUT2D eigenvalue weighted by molar-refractivity contribution is 0.171. The van der Waals surface area contributed by atoms with Gasteiger partial charge in [-0.1, -0.05) is 0 Å². The molecule has 1 N–H and O–H groups in total. The number of hydrogen-bond acceptors (Lipinski definition) is 4. The molecule has 0 aromatic carbocycles. The molecule has 0 bridgehead atoms. The lowest BCUT2D eigenvalue weighted by Crippen LogP contribution is -2.38. The average Bonchev–Trinajstić information content (AvgIpc) is 2.41. The van der Waals surface area contributed by atoms with E-state index in [0.29, 0.717) is 6.42 Å². The Kier molecular flexibility index (Phi) is 8.83. The van der Waals surface area contributed by atoms with Crippen molar-refractivity contribution in [2.24, 2.45) is 5.92 Å². The number of nitrogens with zero attached hydrogens (tertiary/aromatic N) is 2. The molecule has 1 aliphatic rings. The molecule has 4 heteroatoms. The van der Waals surface area contributed by atoms with E-state index >= 15 is 0 Å². The van der Waals surface area contributed by atoms with Gasteiger partial charge in [-0.15, -0.1) is 0 Å². The van der Waals surface area contributed by atoms with E-state index in [1.165, 1.54) is 38.9 Å². The summed E-state index contributed by atoms with van der Waals surface area (Å²) in [6.07, 6.45) is 5.54. The molecule has 104 valence electrons.